The molecule has 2 N–H and O–H groups in total. The van der Waals surface area contributed by atoms with Crippen LogP contribution in [0.5, 0.6) is 0 Å². The Morgan fingerprint density at radius 2 is 2.05 bits per heavy atom. The van der Waals surface area contributed by atoms with Crippen LogP contribution in [0, 0.1) is 13.8 Å². The summed E-state index contributed by atoms with van der Waals surface area (Å²) in [5, 5.41) is 6.15. The number of hydrogen-bond acceptors (Lipinski definition) is 4. The van der Waals surface area contributed by atoms with E-state index in [1.807, 2.05) is 32.0 Å². The number of amides is 1. The van der Waals surface area contributed by atoms with Gasteiger partial charge in [-0.15, -0.1) is 0 Å². The van der Waals surface area contributed by atoms with Crippen molar-refractivity contribution in [3.8, 4) is 0 Å². The Bertz CT molecular complexity index is 471. The third kappa shape index (κ3) is 5.12. The molecule has 116 valence electrons. The van der Waals surface area contributed by atoms with E-state index in [0.29, 0.717) is 6.54 Å². The number of hydrogen-bond donors (Lipinski definition) is 2. The molecule has 2 rings (SSSR count). The van der Waals surface area contributed by atoms with Gasteiger partial charge in [-0.25, -0.2) is 0 Å². The van der Waals surface area contributed by atoms with Crippen LogP contribution in [0.25, 0.3) is 0 Å². The van der Waals surface area contributed by atoms with Crippen molar-refractivity contribution in [1.82, 2.24) is 10.2 Å². The first-order valence-corrected chi connectivity index (χ1v) is 7.53. The summed E-state index contributed by atoms with van der Waals surface area (Å²) in [4.78, 5) is 14.3. The van der Waals surface area contributed by atoms with Crippen molar-refractivity contribution >= 4 is 11.6 Å². The van der Waals surface area contributed by atoms with Gasteiger partial charge in [-0.05, 0) is 31.0 Å². The number of carbonyl (C=O) groups is 1. The second kappa shape index (κ2) is 8.12. The number of nitrogens with one attached hydrogen (secondary N) is 2. The number of morpholine rings is 1. The van der Waals surface area contributed by atoms with Crippen molar-refractivity contribution in [1.29, 1.82) is 0 Å². The van der Waals surface area contributed by atoms with Crippen LogP contribution < -0.4 is 10.6 Å². The van der Waals surface area contributed by atoms with Gasteiger partial charge in [0, 0.05) is 31.9 Å². The van der Waals surface area contributed by atoms with Crippen LogP contribution in [-0.2, 0) is 9.53 Å². The van der Waals surface area contributed by atoms with Gasteiger partial charge in [-0.1, -0.05) is 12.1 Å². The Morgan fingerprint density at radius 1 is 1.29 bits per heavy atom. The minimum atomic E-state index is 0.00526. The van der Waals surface area contributed by atoms with Gasteiger partial charge >= 0.3 is 0 Å². The summed E-state index contributed by atoms with van der Waals surface area (Å²) in [7, 11) is 0. The van der Waals surface area contributed by atoms with Gasteiger partial charge in [0.05, 0.1) is 19.8 Å². The highest BCUT2D eigenvalue weighted by molar-refractivity contribution is 5.93. The van der Waals surface area contributed by atoms with Crippen LogP contribution in [-0.4, -0.2) is 56.7 Å². The van der Waals surface area contributed by atoms with Crippen molar-refractivity contribution in [2.45, 2.75) is 13.8 Å². The summed E-state index contributed by atoms with van der Waals surface area (Å²) in [6.07, 6.45) is 0. The van der Waals surface area contributed by atoms with Crippen LogP contribution >= 0.6 is 0 Å². The zero-order valence-corrected chi connectivity index (χ0v) is 12.9. The molecule has 0 saturated carbocycles. The van der Waals surface area contributed by atoms with Crippen molar-refractivity contribution in [2.75, 3.05) is 51.3 Å². The predicted molar refractivity (Wildman–Crippen MR) is 84.7 cm³/mol. The highest BCUT2D eigenvalue weighted by Crippen LogP contribution is 2.17. The number of rotatable bonds is 6. The second-order valence-electron chi connectivity index (χ2n) is 5.43. The van der Waals surface area contributed by atoms with E-state index in [1.165, 1.54) is 5.56 Å². The molecule has 5 nitrogen and oxygen atoms in total. The van der Waals surface area contributed by atoms with E-state index in [9.17, 15) is 4.79 Å². The van der Waals surface area contributed by atoms with Gasteiger partial charge < -0.3 is 15.4 Å². The second-order valence-corrected chi connectivity index (χ2v) is 5.43. The number of ether oxygens (including phenoxy) is 1. The van der Waals surface area contributed by atoms with E-state index >= 15 is 0 Å². The van der Waals surface area contributed by atoms with Gasteiger partial charge in [0.25, 0.3) is 0 Å². The molecular weight excluding hydrogens is 266 g/mol. The molecular formula is C16H25N3O2. The SMILES string of the molecule is Cc1cccc(NC(=O)CNCCN2CCOCC2)c1C. The molecule has 1 amide bonds. The number of aryl methyl sites for hydroxylation is 1. The first-order chi connectivity index (χ1) is 10.2. The standard InChI is InChI=1S/C16H25N3O2/c1-13-4-3-5-15(14(13)2)18-16(20)12-17-6-7-19-8-10-21-11-9-19/h3-5,17H,6-12H2,1-2H3,(H,18,20). The number of anilines is 1. The smallest absolute Gasteiger partial charge is 0.238 e. The maximum absolute atomic E-state index is 11.9. The van der Waals surface area contributed by atoms with Crippen molar-refractivity contribution in [3.05, 3.63) is 29.3 Å². The van der Waals surface area contributed by atoms with Crippen LogP contribution in [0.3, 0.4) is 0 Å². The van der Waals surface area contributed by atoms with E-state index in [0.717, 1.165) is 50.6 Å². The first-order valence-electron chi connectivity index (χ1n) is 7.53. The normalized spacial score (nSPS) is 15.9. The lowest BCUT2D eigenvalue weighted by Crippen LogP contribution is -2.41. The average molecular weight is 291 g/mol. The minimum absolute atomic E-state index is 0.00526. The lowest BCUT2D eigenvalue weighted by molar-refractivity contribution is -0.115. The Kier molecular flexibility index (Phi) is 6.17. The summed E-state index contributed by atoms with van der Waals surface area (Å²) in [6, 6.07) is 5.95. The Morgan fingerprint density at radius 3 is 2.81 bits per heavy atom. The first kappa shape index (κ1) is 15.9. The molecule has 0 aromatic heterocycles. The summed E-state index contributed by atoms with van der Waals surface area (Å²) < 4.78 is 5.31. The Hall–Kier alpha value is -1.43. The number of benzene rings is 1. The quantitative estimate of drug-likeness (QED) is 0.773. The third-order valence-electron chi connectivity index (χ3n) is 3.87. The fourth-order valence-electron chi connectivity index (χ4n) is 2.34. The molecule has 0 aliphatic carbocycles. The monoisotopic (exact) mass is 291 g/mol. The van der Waals surface area contributed by atoms with Gasteiger partial charge in [0.1, 0.15) is 0 Å². The van der Waals surface area contributed by atoms with E-state index in [-0.39, 0.29) is 5.91 Å². The molecule has 1 saturated heterocycles. The third-order valence-corrected chi connectivity index (χ3v) is 3.87. The Labute approximate surface area is 126 Å². The molecule has 1 fully saturated rings. The topological polar surface area (TPSA) is 53.6 Å². The predicted octanol–water partition coefficient (Wildman–Crippen LogP) is 1.16. The maximum atomic E-state index is 11.9. The van der Waals surface area contributed by atoms with Crippen LogP contribution in [0.4, 0.5) is 5.69 Å². The fourth-order valence-corrected chi connectivity index (χ4v) is 2.34. The molecule has 0 spiro atoms. The molecule has 1 aromatic carbocycles. The number of carbonyl (C=O) groups excluding carboxylic acids is 1. The Balaban J connectivity index is 1.66. The summed E-state index contributed by atoms with van der Waals surface area (Å²) in [5.41, 5.74) is 3.21. The molecule has 0 radical (unpaired) electrons. The highest BCUT2D eigenvalue weighted by Gasteiger charge is 2.10. The molecule has 0 unspecified atom stereocenters. The van der Waals surface area contributed by atoms with Crippen molar-refractivity contribution in [3.63, 3.8) is 0 Å². The average Bonchev–Trinajstić information content (AvgIpc) is 2.49. The van der Waals surface area contributed by atoms with E-state index in [2.05, 4.69) is 15.5 Å². The van der Waals surface area contributed by atoms with Gasteiger partial charge in [0.2, 0.25) is 5.91 Å². The zero-order chi connectivity index (χ0) is 15.1. The summed E-state index contributed by atoms with van der Waals surface area (Å²) >= 11 is 0. The van der Waals surface area contributed by atoms with Crippen LogP contribution in [0.15, 0.2) is 18.2 Å². The lowest BCUT2D eigenvalue weighted by Gasteiger charge is -2.26. The van der Waals surface area contributed by atoms with E-state index in [1.54, 1.807) is 0 Å². The maximum Gasteiger partial charge on any atom is 0.238 e. The highest BCUT2D eigenvalue weighted by atomic mass is 16.5. The number of nitrogens with zero attached hydrogens (tertiary/aromatic N) is 1. The van der Waals surface area contributed by atoms with Gasteiger partial charge in [0.15, 0.2) is 0 Å². The van der Waals surface area contributed by atoms with E-state index < -0.39 is 0 Å². The molecule has 0 atom stereocenters. The van der Waals surface area contributed by atoms with Gasteiger partial charge in [-0.3, -0.25) is 9.69 Å². The minimum Gasteiger partial charge on any atom is -0.379 e. The molecule has 0 bridgehead atoms. The summed E-state index contributed by atoms with van der Waals surface area (Å²) in [6.45, 7) is 9.79. The zero-order valence-electron chi connectivity index (χ0n) is 12.9. The molecule has 21 heavy (non-hydrogen) atoms. The molecule has 5 heteroatoms. The molecule has 1 aliphatic heterocycles. The lowest BCUT2D eigenvalue weighted by atomic mass is 10.1. The van der Waals surface area contributed by atoms with Crippen LogP contribution in [0.1, 0.15) is 11.1 Å². The molecule has 1 aliphatic rings. The van der Waals surface area contributed by atoms with Gasteiger partial charge in [-0.2, -0.15) is 0 Å². The van der Waals surface area contributed by atoms with Crippen molar-refractivity contribution in [2.24, 2.45) is 0 Å². The fraction of sp³-hybridized carbons (Fsp3) is 0.562. The summed E-state index contributed by atoms with van der Waals surface area (Å²) in [5.74, 6) is 0.00526. The molecule has 1 heterocycles. The van der Waals surface area contributed by atoms with Crippen molar-refractivity contribution < 1.29 is 9.53 Å². The van der Waals surface area contributed by atoms with E-state index in [4.69, 9.17) is 4.74 Å². The van der Waals surface area contributed by atoms with Crippen LogP contribution in [0.2, 0.25) is 0 Å². The largest absolute Gasteiger partial charge is 0.379 e. The molecule has 1 aromatic rings.